The molecule has 7 nitrogen and oxygen atoms in total. The van der Waals surface area contributed by atoms with E-state index >= 15 is 0 Å². The number of esters is 1. The van der Waals surface area contributed by atoms with Gasteiger partial charge in [0.15, 0.2) is 12.1 Å². The van der Waals surface area contributed by atoms with Crippen molar-refractivity contribution in [1.29, 1.82) is 0 Å². The smallest absolute Gasteiger partial charge is 0.337 e. The number of likely N-dealkylation sites (N-methyl/N-ethyl adjacent to an activating group) is 1. The second-order valence-corrected chi connectivity index (χ2v) is 8.21. The second kappa shape index (κ2) is 8.80. The van der Waals surface area contributed by atoms with Crippen molar-refractivity contribution in [3.05, 3.63) is 57.2 Å². The van der Waals surface area contributed by atoms with E-state index < -0.39 is 35.8 Å². The molecule has 0 spiro atoms. The third-order valence-corrected chi connectivity index (χ3v) is 5.99. The van der Waals surface area contributed by atoms with Gasteiger partial charge in [-0.1, -0.05) is 23.7 Å². The van der Waals surface area contributed by atoms with Gasteiger partial charge in [-0.2, -0.15) is 0 Å². The number of carbonyl (C=O) groups excluding carboxylic acids is 1. The molecule has 1 aliphatic rings. The molecule has 2 N–H and O–H groups in total. The van der Waals surface area contributed by atoms with Crippen molar-refractivity contribution in [3.8, 4) is 22.8 Å². The molecular weight excluding hydrogens is 441 g/mol. The van der Waals surface area contributed by atoms with E-state index in [4.69, 9.17) is 20.8 Å². The highest BCUT2D eigenvalue weighted by Crippen LogP contribution is 2.43. The fraction of sp³-hybridized carbons (Fsp3) is 0.304. The van der Waals surface area contributed by atoms with Crippen molar-refractivity contribution < 1.29 is 28.6 Å². The number of phenolic OH excluding ortho intramolecular Hbond substituents is 2. The molecule has 1 saturated heterocycles. The van der Waals surface area contributed by atoms with Crippen molar-refractivity contribution in [2.45, 2.75) is 18.4 Å². The zero-order valence-corrected chi connectivity index (χ0v) is 17.9. The van der Waals surface area contributed by atoms with Crippen molar-refractivity contribution in [2.75, 3.05) is 26.8 Å². The average Bonchev–Trinajstić information content (AvgIpc) is 2.74. The van der Waals surface area contributed by atoms with Gasteiger partial charge in [0.05, 0.1) is 5.02 Å². The summed E-state index contributed by atoms with van der Waals surface area (Å²) in [5.74, 6) is -2.20. The van der Waals surface area contributed by atoms with Crippen molar-refractivity contribution >= 4 is 28.5 Å². The Balaban J connectivity index is 1.95. The Labute approximate surface area is 187 Å². The first kappa shape index (κ1) is 22.1. The van der Waals surface area contributed by atoms with E-state index in [1.54, 1.807) is 24.3 Å². The number of rotatable bonds is 4. The molecule has 2 heterocycles. The molecule has 2 aromatic carbocycles. The van der Waals surface area contributed by atoms with Crippen LogP contribution in [0.4, 0.5) is 4.39 Å². The number of hydrogen-bond acceptors (Lipinski definition) is 7. The van der Waals surface area contributed by atoms with Crippen LogP contribution in [0, 0.1) is 0 Å². The SMILES string of the molecule is CN1CC[C@H](c2c(O)cc(O)c3c(=O)cc(-c4ccccc4Cl)oc23)[C@H](OC(=O)CF)C1. The minimum Gasteiger partial charge on any atom is -0.507 e. The van der Waals surface area contributed by atoms with E-state index in [-0.39, 0.29) is 28.0 Å². The van der Waals surface area contributed by atoms with Gasteiger partial charge in [0, 0.05) is 35.7 Å². The summed E-state index contributed by atoms with van der Waals surface area (Å²) in [7, 11) is 1.83. The Bertz CT molecular complexity index is 1240. The van der Waals surface area contributed by atoms with E-state index in [2.05, 4.69) is 0 Å². The fourth-order valence-corrected chi connectivity index (χ4v) is 4.42. The third kappa shape index (κ3) is 4.03. The molecule has 0 saturated carbocycles. The Morgan fingerprint density at radius 3 is 2.75 bits per heavy atom. The van der Waals surface area contributed by atoms with E-state index in [9.17, 15) is 24.2 Å². The largest absolute Gasteiger partial charge is 0.507 e. The number of halogens is 2. The average molecular weight is 462 g/mol. The van der Waals surface area contributed by atoms with Gasteiger partial charge in [-0.05, 0) is 32.1 Å². The van der Waals surface area contributed by atoms with E-state index in [1.807, 2.05) is 11.9 Å². The standard InChI is InChI=1S/C23H21ClFNO6/c1-26-7-6-13(19(11-26)31-20(30)10-25)21-15(27)8-16(28)22-17(29)9-18(32-23(21)22)12-4-2-3-5-14(12)24/h2-5,8-9,13,19,27-28H,6-7,10-11H2,1H3/t13-,19+/m0/s1. The van der Waals surface area contributed by atoms with Gasteiger partial charge < -0.3 is 24.3 Å². The molecule has 1 aromatic heterocycles. The lowest BCUT2D eigenvalue weighted by molar-refractivity contribution is -0.153. The maximum absolute atomic E-state index is 12.9. The zero-order valence-electron chi connectivity index (χ0n) is 17.2. The number of hydrogen-bond donors (Lipinski definition) is 2. The summed E-state index contributed by atoms with van der Waals surface area (Å²) in [5.41, 5.74) is 0.130. The normalized spacial score (nSPS) is 19.2. The number of aromatic hydroxyl groups is 2. The monoisotopic (exact) mass is 461 g/mol. The van der Waals surface area contributed by atoms with Crippen LogP contribution in [-0.2, 0) is 9.53 Å². The van der Waals surface area contributed by atoms with Gasteiger partial charge >= 0.3 is 5.97 Å². The predicted molar refractivity (Wildman–Crippen MR) is 117 cm³/mol. The third-order valence-electron chi connectivity index (χ3n) is 5.66. The molecule has 0 radical (unpaired) electrons. The maximum atomic E-state index is 12.9. The van der Waals surface area contributed by atoms with E-state index in [1.165, 1.54) is 6.07 Å². The number of fused-ring (bicyclic) bond motifs is 1. The lowest BCUT2D eigenvalue weighted by Gasteiger charge is -2.36. The Kier molecular flexibility index (Phi) is 6.08. The van der Waals surface area contributed by atoms with Crippen LogP contribution >= 0.6 is 11.6 Å². The molecule has 1 aliphatic heterocycles. The van der Waals surface area contributed by atoms with Crippen molar-refractivity contribution in [3.63, 3.8) is 0 Å². The van der Waals surface area contributed by atoms with Crippen LogP contribution in [0.25, 0.3) is 22.3 Å². The lowest BCUT2D eigenvalue weighted by atomic mass is 9.85. The summed E-state index contributed by atoms with van der Waals surface area (Å²) in [4.78, 5) is 26.5. The van der Waals surface area contributed by atoms with Gasteiger partial charge in [0.2, 0.25) is 0 Å². The Morgan fingerprint density at radius 1 is 1.28 bits per heavy atom. The first-order chi connectivity index (χ1) is 15.3. The molecular formula is C23H21ClFNO6. The molecule has 0 unspecified atom stereocenters. The van der Waals surface area contributed by atoms with Crippen LogP contribution in [0.3, 0.4) is 0 Å². The van der Waals surface area contributed by atoms with Gasteiger partial charge in [-0.25, -0.2) is 9.18 Å². The summed E-state index contributed by atoms with van der Waals surface area (Å²) >= 11 is 6.27. The molecule has 4 rings (SSSR count). The van der Waals surface area contributed by atoms with Crippen molar-refractivity contribution in [1.82, 2.24) is 4.90 Å². The fourth-order valence-electron chi connectivity index (χ4n) is 4.19. The van der Waals surface area contributed by atoms with Crippen LogP contribution in [0.1, 0.15) is 17.9 Å². The number of benzene rings is 2. The lowest BCUT2D eigenvalue weighted by Crippen LogP contribution is -2.43. The summed E-state index contributed by atoms with van der Waals surface area (Å²) < 4.78 is 24.2. The number of piperidine rings is 1. The molecule has 32 heavy (non-hydrogen) atoms. The van der Waals surface area contributed by atoms with Crippen LogP contribution in [-0.4, -0.2) is 54.0 Å². The highest BCUT2D eigenvalue weighted by molar-refractivity contribution is 6.33. The maximum Gasteiger partial charge on any atom is 0.337 e. The quantitative estimate of drug-likeness (QED) is 0.569. The van der Waals surface area contributed by atoms with Gasteiger partial charge in [-0.3, -0.25) is 4.79 Å². The van der Waals surface area contributed by atoms with Crippen LogP contribution < -0.4 is 5.43 Å². The minimum atomic E-state index is -1.28. The van der Waals surface area contributed by atoms with E-state index in [0.29, 0.717) is 30.1 Å². The van der Waals surface area contributed by atoms with Crippen LogP contribution in [0.2, 0.25) is 5.02 Å². The summed E-state index contributed by atoms with van der Waals surface area (Å²) in [6.07, 6.45) is -0.348. The van der Waals surface area contributed by atoms with Gasteiger partial charge in [0.25, 0.3) is 0 Å². The molecule has 3 aromatic rings. The van der Waals surface area contributed by atoms with E-state index in [0.717, 1.165) is 6.07 Å². The number of carbonyl (C=O) groups is 1. The number of alkyl halides is 1. The molecule has 0 amide bonds. The Morgan fingerprint density at radius 2 is 2.03 bits per heavy atom. The summed E-state index contributed by atoms with van der Waals surface area (Å²) in [5, 5.41) is 21.4. The van der Waals surface area contributed by atoms with Gasteiger partial charge in [-0.15, -0.1) is 0 Å². The van der Waals surface area contributed by atoms with Crippen molar-refractivity contribution in [2.24, 2.45) is 0 Å². The molecule has 168 valence electrons. The molecule has 9 heteroatoms. The predicted octanol–water partition coefficient (Wildman–Crippen LogP) is 3.83. The molecule has 0 aliphatic carbocycles. The van der Waals surface area contributed by atoms with Gasteiger partial charge in [0.1, 0.15) is 34.3 Å². The zero-order chi connectivity index (χ0) is 23.0. The number of nitrogens with zero attached hydrogens (tertiary/aromatic N) is 1. The first-order valence-electron chi connectivity index (χ1n) is 10.0. The highest BCUT2D eigenvalue weighted by Gasteiger charge is 2.36. The number of ether oxygens (including phenoxy) is 1. The molecule has 2 atom stereocenters. The first-order valence-corrected chi connectivity index (χ1v) is 10.4. The molecule has 1 fully saturated rings. The topological polar surface area (TPSA) is 100 Å². The Hall–Kier alpha value is -3.10. The second-order valence-electron chi connectivity index (χ2n) is 7.81. The number of likely N-dealkylation sites (tertiary alicyclic amines) is 1. The minimum absolute atomic E-state index is 0.0271. The van der Waals surface area contributed by atoms with Crippen LogP contribution in [0.15, 0.2) is 45.6 Å². The number of phenols is 2. The van der Waals surface area contributed by atoms with Crippen LogP contribution in [0.5, 0.6) is 11.5 Å². The summed E-state index contributed by atoms with van der Waals surface area (Å²) in [6, 6.07) is 9.07. The highest BCUT2D eigenvalue weighted by atomic mass is 35.5. The summed E-state index contributed by atoms with van der Waals surface area (Å²) in [6.45, 7) is -0.377. The molecule has 0 bridgehead atoms.